The number of rotatable bonds is 11. The molecule has 1 rings (SSSR count). The third kappa shape index (κ3) is 10.0. The maximum atomic E-state index is 8.46. The summed E-state index contributed by atoms with van der Waals surface area (Å²) in [4.78, 5) is 2.85. The molecule has 200 valence electrons. The highest BCUT2D eigenvalue weighted by Crippen LogP contribution is 2.44. The van der Waals surface area contributed by atoms with E-state index in [-0.39, 0.29) is 22.3 Å². The smallest absolute Gasteiger partial charge is 0.192 e. The van der Waals surface area contributed by atoms with Gasteiger partial charge in [-0.05, 0) is 78.1 Å². The fourth-order valence-corrected chi connectivity index (χ4v) is 6.36. The molecule has 0 heterocycles. The van der Waals surface area contributed by atoms with Gasteiger partial charge >= 0.3 is 0 Å². The van der Waals surface area contributed by atoms with Crippen molar-refractivity contribution in [1.82, 2.24) is 0 Å². The maximum Gasteiger partial charge on any atom is 0.192 e. The number of azide groups is 1. The van der Waals surface area contributed by atoms with Crippen molar-refractivity contribution in [1.29, 1.82) is 0 Å². The van der Waals surface area contributed by atoms with Crippen molar-refractivity contribution in [2.24, 2.45) is 11.0 Å². The summed E-state index contributed by atoms with van der Waals surface area (Å²) < 4.78 is 13.8. The molecule has 0 aliphatic heterocycles. The van der Waals surface area contributed by atoms with E-state index in [4.69, 9.17) is 14.4 Å². The van der Waals surface area contributed by atoms with Gasteiger partial charge in [-0.1, -0.05) is 84.8 Å². The molecule has 1 fully saturated rings. The third-order valence-corrected chi connectivity index (χ3v) is 17.2. The molecule has 1 saturated carbocycles. The lowest BCUT2D eigenvalue weighted by Gasteiger charge is -2.45. The molecule has 3 atom stereocenters. The Hall–Kier alpha value is -1.12. The van der Waals surface area contributed by atoms with Gasteiger partial charge in [-0.15, -0.1) is 0 Å². The van der Waals surface area contributed by atoms with E-state index in [1.54, 1.807) is 0 Å². The largest absolute Gasteiger partial charge is 0.413 e. The molecule has 0 bridgehead atoms. The predicted octanol–water partition coefficient (Wildman–Crippen LogP) is 9.72. The fourth-order valence-electron chi connectivity index (χ4n) is 3.69. The molecule has 0 N–H and O–H groups in total. The van der Waals surface area contributed by atoms with Crippen LogP contribution in [0.1, 0.15) is 80.6 Å². The van der Waals surface area contributed by atoms with E-state index in [2.05, 4.69) is 109 Å². The first-order chi connectivity index (χ1) is 15.9. The lowest BCUT2D eigenvalue weighted by molar-refractivity contribution is 0.0970. The lowest BCUT2D eigenvalue weighted by atomic mass is 9.86. The zero-order chi connectivity index (χ0) is 27.1. The highest BCUT2D eigenvalue weighted by Gasteiger charge is 2.44. The SMILES string of the molecule is C=C1/C(=C\C=C\CCC[C@H](C)CN=[N+]=[N-])C[C@@H](O[Si](C)(C)C(C)(C)C)C[C@@H]1O[Si](C)(C)C(C)(C)C. The summed E-state index contributed by atoms with van der Waals surface area (Å²) in [5.74, 6) is 0.428. The fraction of sp³-hybridized carbons (Fsp3) is 0.786. The van der Waals surface area contributed by atoms with Crippen LogP contribution in [0.4, 0.5) is 0 Å². The van der Waals surface area contributed by atoms with Crippen LogP contribution in [0, 0.1) is 5.92 Å². The van der Waals surface area contributed by atoms with Crippen molar-refractivity contribution in [2.45, 2.75) is 129 Å². The van der Waals surface area contributed by atoms with E-state index >= 15 is 0 Å². The number of unbranched alkanes of at least 4 members (excludes halogenated alkanes) is 1. The van der Waals surface area contributed by atoms with E-state index in [0.29, 0.717) is 12.5 Å². The summed E-state index contributed by atoms with van der Waals surface area (Å²) in [6.07, 6.45) is 11.8. The molecule has 0 aromatic heterocycles. The van der Waals surface area contributed by atoms with Gasteiger partial charge in [0.1, 0.15) is 0 Å². The van der Waals surface area contributed by atoms with E-state index < -0.39 is 16.6 Å². The standard InChI is InChI=1S/C28H53N3O2Si2/c1-22(21-30-31-29)17-15-13-14-16-18-24-19-25(32-34(9,10)27(3,4)5)20-26(23(24)2)33-35(11,12)28(6,7)8/h14,16,18,22,25-26H,2,13,15,17,19-21H2,1,3-12H3/b16-14+,24-18-/t22-,25+,26-/m0/s1. The Bertz CT molecular complexity index is 813. The van der Waals surface area contributed by atoms with Gasteiger partial charge in [0.15, 0.2) is 16.6 Å². The van der Waals surface area contributed by atoms with Crippen LogP contribution in [-0.2, 0) is 8.85 Å². The van der Waals surface area contributed by atoms with Crippen LogP contribution in [0.25, 0.3) is 10.4 Å². The Balaban J connectivity index is 3.00. The van der Waals surface area contributed by atoms with Crippen LogP contribution in [-0.4, -0.2) is 35.4 Å². The number of allylic oxidation sites excluding steroid dienone is 3. The van der Waals surface area contributed by atoms with Crippen LogP contribution in [0.2, 0.25) is 36.3 Å². The van der Waals surface area contributed by atoms with Gasteiger partial charge in [0.25, 0.3) is 0 Å². The summed E-state index contributed by atoms with van der Waals surface area (Å²) in [6.45, 7) is 30.3. The third-order valence-electron chi connectivity index (χ3n) is 8.19. The van der Waals surface area contributed by atoms with Gasteiger partial charge in [0.2, 0.25) is 0 Å². The Labute approximate surface area is 218 Å². The molecule has 0 aromatic rings. The highest BCUT2D eigenvalue weighted by atomic mass is 28.4. The molecule has 1 aliphatic carbocycles. The van der Waals surface area contributed by atoms with E-state index in [9.17, 15) is 0 Å². The van der Waals surface area contributed by atoms with Crippen LogP contribution in [0.15, 0.2) is 41.1 Å². The minimum absolute atomic E-state index is 0.0144. The monoisotopic (exact) mass is 519 g/mol. The zero-order valence-electron chi connectivity index (χ0n) is 24.6. The first-order valence-electron chi connectivity index (χ1n) is 13.3. The van der Waals surface area contributed by atoms with Crippen LogP contribution >= 0.6 is 0 Å². The Morgan fingerprint density at radius 2 is 1.66 bits per heavy atom. The topological polar surface area (TPSA) is 67.2 Å². The van der Waals surface area contributed by atoms with Gasteiger partial charge in [0, 0.05) is 17.9 Å². The molecule has 0 saturated heterocycles. The average Bonchev–Trinajstić information content (AvgIpc) is 2.69. The minimum atomic E-state index is -1.94. The van der Waals surface area contributed by atoms with Gasteiger partial charge in [-0.3, -0.25) is 0 Å². The van der Waals surface area contributed by atoms with Crippen molar-refractivity contribution in [3.63, 3.8) is 0 Å². The van der Waals surface area contributed by atoms with Crippen LogP contribution < -0.4 is 0 Å². The summed E-state index contributed by atoms with van der Waals surface area (Å²) in [5, 5.41) is 4.01. The van der Waals surface area contributed by atoms with E-state index in [1.807, 2.05) is 0 Å². The number of hydrogen-bond donors (Lipinski definition) is 0. The highest BCUT2D eigenvalue weighted by molar-refractivity contribution is 6.74. The number of hydrogen-bond acceptors (Lipinski definition) is 3. The molecule has 0 unspecified atom stereocenters. The first kappa shape index (κ1) is 31.9. The molecule has 0 radical (unpaired) electrons. The van der Waals surface area contributed by atoms with Crippen molar-refractivity contribution < 1.29 is 8.85 Å². The summed E-state index contributed by atoms with van der Waals surface area (Å²) in [6, 6.07) is 0. The van der Waals surface area contributed by atoms with Crippen LogP contribution in [0.5, 0.6) is 0 Å². The summed E-state index contributed by atoms with van der Waals surface area (Å²) >= 11 is 0. The quantitative estimate of drug-likeness (QED) is 0.0896. The molecule has 1 aliphatic rings. The molecule has 0 spiro atoms. The van der Waals surface area contributed by atoms with Gasteiger partial charge in [-0.25, -0.2) is 0 Å². The molecule has 7 heteroatoms. The van der Waals surface area contributed by atoms with E-state index in [1.165, 1.54) is 5.57 Å². The van der Waals surface area contributed by atoms with Crippen molar-refractivity contribution >= 4 is 16.6 Å². The molecule has 0 amide bonds. The number of nitrogens with zero attached hydrogens (tertiary/aromatic N) is 3. The molecular weight excluding hydrogens is 466 g/mol. The molecule has 0 aromatic carbocycles. The van der Waals surface area contributed by atoms with Crippen molar-refractivity contribution in [3.05, 3.63) is 46.4 Å². The second kappa shape index (κ2) is 12.9. The minimum Gasteiger partial charge on any atom is -0.413 e. The average molecular weight is 520 g/mol. The zero-order valence-corrected chi connectivity index (χ0v) is 26.6. The second-order valence-electron chi connectivity index (χ2n) is 13.4. The second-order valence-corrected chi connectivity index (χ2v) is 22.9. The van der Waals surface area contributed by atoms with Crippen LogP contribution in [0.3, 0.4) is 0 Å². The van der Waals surface area contributed by atoms with Gasteiger partial charge in [0.05, 0.1) is 12.2 Å². The summed E-state index contributed by atoms with van der Waals surface area (Å²) in [5.41, 5.74) is 10.8. The van der Waals surface area contributed by atoms with Crippen molar-refractivity contribution in [2.75, 3.05) is 6.54 Å². The van der Waals surface area contributed by atoms with Gasteiger partial charge < -0.3 is 8.85 Å². The van der Waals surface area contributed by atoms with Crippen molar-refractivity contribution in [3.8, 4) is 0 Å². The molecule has 35 heavy (non-hydrogen) atoms. The van der Waals surface area contributed by atoms with E-state index in [0.717, 1.165) is 37.7 Å². The maximum absolute atomic E-state index is 8.46. The molecular formula is C28H53N3O2Si2. The molecule has 5 nitrogen and oxygen atoms in total. The lowest BCUT2D eigenvalue weighted by Crippen LogP contribution is -2.49. The Kier molecular flexibility index (Phi) is 11.8. The Morgan fingerprint density at radius 1 is 1.09 bits per heavy atom. The Morgan fingerprint density at radius 3 is 2.20 bits per heavy atom. The summed E-state index contributed by atoms with van der Waals surface area (Å²) in [7, 11) is -3.83. The normalized spacial score (nSPS) is 22.5. The van der Waals surface area contributed by atoms with Gasteiger partial charge in [-0.2, -0.15) is 0 Å². The predicted molar refractivity (Wildman–Crippen MR) is 157 cm³/mol. The first-order valence-corrected chi connectivity index (χ1v) is 19.1.